The number of halogens is 4. The second-order valence-electron chi connectivity index (χ2n) is 4.23. The van der Waals surface area contributed by atoms with Gasteiger partial charge in [-0.3, -0.25) is 9.59 Å². The van der Waals surface area contributed by atoms with Crippen molar-refractivity contribution in [3.05, 3.63) is 0 Å². The van der Waals surface area contributed by atoms with Crippen LogP contribution in [0.5, 0.6) is 0 Å². The zero-order valence-corrected chi connectivity index (χ0v) is 9.95. The lowest BCUT2D eigenvalue weighted by Gasteiger charge is -2.35. The van der Waals surface area contributed by atoms with E-state index in [1.165, 1.54) is 20.8 Å². The van der Waals surface area contributed by atoms with E-state index in [4.69, 9.17) is 11.6 Å². The van der Waals surface area contributed by atoms with Crippen LogP contribution < -0.4 is 0 Å². The Bertz CT molecular complexity index is 283. The van der Waals surface area contributed by atoms with E-state index in [2.05, 4.69) is 0 Å². The Labute approximate surface area is 96.5 Å². The highest BCUT2D eigenvalue weighted by Gasteiger charge is 2.46. The number of ketones is 1. The van der Waals surface area contributed by atoms with Gasteiger partial charge in [-0.15, -0.1) is 11.6 Å². The molecule has 7 heteroatoms. The van der Waals surface area contributed by atoms with E-state index in [-0.39, 0.29) is 0 Å². The molecule has 16 heavy (non-hydrogen) atoms. The van der Waals surface area contributed by atoms with Gasteiger partial charge in [0.05, 0.1) is 12.4 Å². The van der Waals surface area contributed by atoms with Crippen LogP contribution in [0.15, 0.2) is 0 Å². The first kappa shape index (κ1) is 15.2. The lowest BCUT2D eigenvalue weighted by Crippen LogP contribution is -2.53. The quantitative estimate of drug-likeness (QED) is 0.727. The fourth-order valence-corrected chi connectivity index (χ4v) is 1.07. The number of Topliss-reactive ketones (excluding diaryl/α,β-unsaturated/α-hetero) is 1. The zero-order chi connectivity index (χ0) is 13.1. The van der Waals surface area contributed by atoms with Crippen LogP contribution >= 0.6 is 11.6 Å². The number of amides is 1. The molecule has 0 aromatic carbocycles. The van der Waals surface area contributed by atoms with E-state index in [1.54, 1.807) is 0 Å². The molecule has 0 unspecified atom stereocenters. The molecule has 0 aliphatic rings. The minimum atomic E-state index is -4.99. The van der Waals surface area contributed by atoms with Gasteiger partial charge in [0, 0.05) is 5.54 Å². The Morgan fingerprint density at radius 2 is 1.62 bits per heavy atom. The summed E-state index contributed by atoms with van der Waals surface area (Å²) in [6.07, 6.45) is -4.99. The normalized spacial score (nSPS) is 12.4. The standard InChI is InChI=1S/C9H13ClF3NO2/c1-8(2,3)14(5-6(15)4-10)7(16)9(11,12)13/h4-5H2,1-3H3. The number of hydrogen-bond acceptors (Lipinski definition) is 2. The van der Waals surface area contributed by atoms with Gasteiger partial charge in [0.2, 0.25) is 0 Å². The lowest BCUT2D eigenvalue weighted by atomic mass is 10.1. The van der Waals surface area contributed by atoms with Crippen LogP contribution in [-0.4, -0.2) is 40.7 Å². The maximum atomic E-state index is 12.2. The van der Waals surface area contributed by atoms with Crippen molar-refractivity contribution < 1.29 is 22.8 Å². The third-order valence-corrected chi connectivity index (χ3v) is 2.08. The molecule has 0 aliphatic heterocycles. The fraction of sp³-hybridized carbons (Fsp3) is 0.778. The van der Waals surface area contributed by atoms with Crippen LogP contribution in [0.4, 0.5) is 13.2 Å². The smallest absolute Gasteiger partial charge is 0.323 e. The summed E-state index contributed by atoms with van der Waals surface area (Å²) in [5.74, 6) is -3.08. The number of carbonyl (C=O) groups is 2. The van der Waals surface area contributed by atoms with E-state index in [1.807, 2.05) is 0 Å². The largest absolute Gasteiger partial charge is 0.471 e. The van der Waals surface area contributed by atoms with Crippen LogP contribution in [0.3, 0.4) is 0 Å². The van der Waals surface area contributed by atoms with Crippen molar-refractivity contribution in [1.82, 2.24) is 4.90 Å². The SMILES string of the molecule is CC(C)(C)N(CC(=O)CCl)C(=O)C(F)(F)F. The summed E-state index contributed by atoms with van der Waals surface area (Å²) in [5, 5.41) is 0. The number of hydrogen-bond donors (Lipinski definition) is 0. The Morgan fingerprint density at radius 3 is 1.88 bits per heavy atom. The summed E-state index contributed by atoms with van der Waals surface area (Å²) in [5.41, 5.74) is -1.09. The minimum absolute atomic E-state index is 0.419. The van der Waals surface area contributed by atoms with Gasteiger partial charge in [-0.25, -0.2) is 0 Å². The van der Waals surface area contributed by atoms with Gasteiger partial charge in [0.15, 0.2) is 5.78 Å². The van der Waals surface area contributed by atoms with E-state index in [9.17, 15) is 22.8 Å². The third-order valence-electron chi connectivity index (χ3n) is 1.78. The molecule has 3 nitrogen and oxygen atoms in total. The van der Waals surface area contributed by atoms with Crippen molar-refractivity contribution in [3.63, 3.8) is 0 Å². The Kier molecular flexibility index (Phi) is 4.79. The lowest BCUT2D eigenvalue weighted by molar-refractivity contribution is -0.190. The molecule has 0 N–H and O–H groups in total. The molecule has 0 aromatic heterocycles. The van der Waals surface area contributed by atoms with Gasteiger partial charge in [0.1, 0.15) is 0 Å². The molecule has 1 amide bonds. The average molecular weight is 260 g/mol. The highest BCUT2D eigenvalue weighted by Crippen LogP contribution is 2.24. The molecular weight excluding hydrogens is 247 g/mol. The number of rotatable bonds is 3. The molecule has 0 bridgehead atoms. The first-order valence-corrected chi connectivity index (χ1v) is 5.00. The molecule has 0 saturated carbocycles. The summed E-state index contributed by atoms with van der Waals surface area (Å²) in [7, 11) is 0. The molecule has 0 saturated heterocycles. The highest BCUT2D eigenvalue weighted by atomic mass is 35.5. The molecule has 0 aliphatic carbocycles. The monoisotopic (exact) mass is 259 g/mol. The van der Waals surface area contributed by atoms with Crippen molar-refractivity contribution in [3.8, 4) is 0 Å². The molecule has 0 fully saturated rings. The molecule has 94 valence electrons. The average Bonchev–Trinajstić information content (AvgIpc) is 2.09. The predicted octanol–water partition coefficient (Wildman–Crippen LogP) is 1.98. The zero-order valence-electron chi connectivity index (χ0n) is 9.19. The van der Waals surface area contributed by atoms with Crippen LogP contribution in [-0.2, 0) is 9.59 Å². The second kappa shape index (κ2) is 5.03. The summed E-state index contributed by atoms with van der Waals surface area (Å²) < 4.78 is 36.7. The molecule has 0 aromatic rings. The van der Waals surface area contributed by atoms with Gasteiger partial charge in [-0.1, -0.05) is 0 Å². The number of carbonyl (C=O) groups excluding carboxylic acids is 2. The molecule has 0 atom stereocenters. The first-order valence-electron chi connectivity index (χ1n) is 4.46. The Morgan fingerprint density at radius 1 is 1.19 bits per heavy atom. The van der Waals surface area contributed by atoms with Gasteiger partial charge < -0.3 is 4.90 Å². The summed E-state index contributed by atoms with van der Waals surface area (Å²) >= 11 is 5.20. The van der Waals surface area contributed by atoms with E-state index in [0.29, 0.717) is 4.90 Å². The summed E-state index contributed by atoms with van der Waals surface area (Å²) in [6.45, 7) is 3.61. The van der Waals surface area contributed by atoms with Gasteiger partial charge in [0.25, 0.3) is 0 Å². The molecule has 0 rings (SSSR count). The number of nitrogens with zero attached hydrogens (tertiary/aromatic N) is 1. The molecule has 0 heterocycles. The molecular formula is C9H13ClF3NO2. The maximum absolute atomic E-state index is 12.2. The summed E-state index contributed by atoms with van der Waals surface area (Å²) in [4.78, 5) is 22.5. The van der Waals surface area contributed by atoms with Crippen LogP contribution in [0.1, 0.15) is 20.8 Å². The van der Waals surface area contributed by atoms with Gasteiger partial charge in [-0.2, -0.15) is 13.2 Å². The first-order chi connectivity index (χ1) is 7.00. The third kappa shape index (κ3) is 4.38. The number of alkyl halides is 4. The van der Waals surface area contributed by atoms with E-state index < -0.39 is 35.8 Å². The van der Waals surface area contributed by atoms with E-state index >= 15 is 0 Å². The maximum Gasteiger partial charge on any atom is 0.471 e. The van der Waals surface area contributed by atoms with Crippen molar-refractivity contribution in [2.24, 2.45) is 0 Å². The van der Waals surface area contributed by atoms with Crippen LogP contribution in [0.25, 0.3) is 0 Å². The topological polar surface area (TPSA) is 37.4 Å². The highest BCUT2D eigenvalue weighted by molar-refractivity contribution is 6.28. The van der Waals surface area contributed by atoms with Crippen molar-refractivity contribution in [2.45, 2.75) is 32.5 Å². The Hall–Kier alpha value is -0.780. The van der Waals surface area contributed by atoms with Crippen molar-refractivity contribution >= 4 is 23.3 Å². The fourth-order valence-electron chi connectivity index (χ4n) is 0.985. The second-order valence-corrected chi connectivity index (χ2v) is 4.50. The minimum Gasteiger partial charge on any atom is -0.323 e. The van der Waals surface area contributed by atoms with Gasteiger partial charge in [-0.05, 0) is 20.8 Å². The van der Waals surface area contributed by atoms with Crippen molar-refractivity contribution in [1.29, 1.82) is 0 Å². The summed E-state index contributed by atoms with van der Waals surface area (Å²) in [6, 6.07) is 0. The predicted molar refractivity (Wildman–Crippen MR) is 53.2 cm³/mol. The van der Waals surface area contributed by atoms with Gasteiger partial charge >= 0.3 is 12.1 Å². The van der Waals surface area contributed by atoms with Crippen LogP contribution in [0, 0.1) is 0 Å². The van der Waals surface area contributed by atoms with E-state index in [0.717, 1.165) is 0 Å². The van der Waals surface area contributed by atoms with Crippen molar-refractivity contribution in [2.75, 3.05) is 12.4 Å². The Balaban J connectivity index is 4.98. The molecule has 0 spiro atoms. The molecule has 0 radical (unpaired) electrons. The van der Waals surface area contributed by atoms with Crippen LogP contribution in [0.2, 0.25) is 0 Å².